The van der Waals surface area contributed by atoms with Crippen molar-refractivity contribution < 1.29 is 4.79 Å². The Morgan fingerprint density at radius 1 is 1.69 bits per heavy atom. The largest absolute Gasteiger partial charge is 0.347 e. The van der Waals surface area contributed by atoms with Gasteiger partial charge in [0.15, 0.2) is 4.77 Å². The number of aromatic nitrogens is 3. The van der Waals surface area contributed by atoms with Gasteiger partial charge in [-0.05, 0) is 19.1 Å². The van der Waals surface area contributed by atoms with Crippen LogP contribution in [0.3, 0.4) is 0 Å². The number of nitrogens with zero attached hydrogens (tertiary/aromatic N) is 3. The molecule has 1 amide bonds. The average molecular weight is 200 g/mol. The number of amides is 1. The molecule has 0 aliphatic heterocycles. The van der Waals surface area contributed by atoms with Crippen LogP contribution in [0.2, 0.25) is 0 Å². The van der Waals surface area contributed by atoms with E-state index in [1.807, 2.05) is 0 Å². The number of aryl methyl sites for hydroxylation is 1. The van der Waals surface area contributed by atoms with Crippen LogP contribution >= 0.6 is 12.2 Å². The first-order chi connectivity index (χ1) is 6.02. The number of aromatic amines is 1. The Bertz CT molecular complexity index is 365. The van der Waals surface area contributed by atoms with Crippen LogP contribution in [-0.2, 0) is 11.3 Å². The summed E-state index contributed by atoms with van der Waals surface area (Å²) in [7, 11) is 3.42. The normalized spacial score (nSPS) is 10.1. The van der Waals surface area contributed by atoms with Crippen molar-refractivity contribution in [1.82, 2.24) is 19.7 Å². The molecule has 0 radical (unpaired) electrons. The molecule has 1 N–H and O–H groups in total. The lowest BCUT2D eigenvalue weighted by molar-refractivity contribution is -0.129. The summed E-state index contributed by atoms with van der Waals surface area (Å²) in [5, 5.41) is 6.53. The first kappa shape index (κ1) is 9.91. The number of carbonyl (C=O) groups excluding carboxylic acids is 1. The molecule has 0 aliphatic rings. The van der Waals surface area contributed by atoms with Crippen molar-refractivity contribution >= 4 is 18.1 Å². The van der Waals surface area contributed by atoms with Crippen LogP contribution in [0.25, 0.3) is 0 Å². The quantitative estimate of drug-likeness (QED) is 0.700. The van der Waals surface area contributed by atoms with Crippen molar-refractivity contribution in [3.05, 3.63) is 10.6 Å². The molecule has 0 atom stereocenters. The lowest BCUT2D eigenvalue weighted by Gasteiger charge is -2.10. The fourth-order valence-electron chi connectivity index (χ4n) is 0.859. The highest BCUT2D eigenvalue weighted by Crippen LogP contribution is 1.96. The fraction of sp³-hybridized carbons (Fsp3) is 0.571. The summed E-state index contributed by atoms with van der Waals surface area (Å²) in [5.41, 5.74) is 0. The minimum absolute atomic E-state index is 0.000556. The van der Waals surface area contributed by atoms with Crippen LogP contribution in [0.1, 0.15) is 5.82 Å². The van der Waals surface area contributed by atoms with Crippen molar-refractivity contribution in [3.8, 4) is 0 Å². The maximum Gasteiger partial charge on any atom is 0.242 e. The van der Waals surface area contributed by atoms with Crippen molar-refractivity contribution in [3.63, 3.8) is 0 Å². The Morgan fingerprint density at radius 2 is 2.31 bits per heavy atom. The van der Waals surface area contributed by atoms with Gasteiger partial charge in [0, 0.05) is 14.1 Å². The second-order valence-corrected chi connectivity index (χ2v) is 3.34. The van der Waals surface area contributed by atoms with Crippen LogP contribution in [0.15, 0.2) is 0 Å². The van der Waals surface area contributed by atoms with E-state index in [0.29, 0.717) is 4.77 Å². The van der Waals surface area contributed by atoms with Crippen molar-refractivity contribution in [1.29, 1.82) is 0 Å². The first-order valence-corrected chi connectivity index (χ1v) is 4.25. The summed E-state index contributed by atoms with van der Waals surface area (Å²) in [4.78, 5) is 12.9. The summed E-state index contributed by atoms with van der Waals surface area (Å²) in [5.74, 6) is 0.723. The summed E-state index contributed by atoms with van der Waals surface area (Å²) in [6.45, 7) is 2.05. The monoisotopic (exact) mass is 200 g/mol. The number of carbonyl (C=O) groups is 1. The van der Waals surface area contributed by atoms with E-state index < -0.39 is 0 Å². The van der Waals surface area contributed by atoms with Gasteiger partial charge in [-0.1, -0.05) is 0 Å². The predicted octanol–water partition coefficient (Wildman–Crippen LogP) is 0.337. The van der Waals surface area contributed by atoms with E-state index in [9.17, 15) is 4.79 Å². The molecule has 72 valence electrons. The maximum atomic E-state index is 11.3. The highest BCUT2D eigenvalue weighted by molar-refractivity contribution is 7.71. The van der Waals surface area contributed by atoms with Gasteiger partial charge in [0.25, 0.3) is 0 Å². The number of likely N-dealkylation sites (N-methyl/N-ethyl adjacent to an activating group) is 1. The zero-order valence-electron chi connectivity index (χ0n) is 7.87. The van der Waals surface area contributed by atoms with Crippen molar-refractivity contribution in [2.75, 3.05) is 14.1 Å². The summed E-state index contributed by atoms with van der Waals surface area (Å²) in [6, 6.07) is 0. The second-order valence-electron chi connectivity index (χ2n) is 2.95. The highest BCUT2D eigenvalue weighted by Gasteiger charge is 2.08. The summed E-state index contributed by atoms with van der Waals surface area (Å²) >= 11 is 4.95. The second kappa shape index (κ2) is 3.69. The van der Waals surface area contributed by atoms with E-state index in [0.717, 1.165) is 5.82 Å². The smallest absolute Gasteiger partial charge is 0.242 e. The van der Waals surface area contributed by atoms with Crippen LogP contribution in [0.4, 0.5) is 0 Å². The molecule has 1 heterocycles. The molecule has 0 saturated carbocycles. The maximum absolute atomic E-state index is 11.3. The lowest BCUT2D eigenvalue weighted by atomic mass is 10.5. The van der Waals surface area contributed by atoms with Gasteiger partial charge < -0.3 is 4.90 Å². The van der Waals surface area contributed by atoms with Gasteiger partial charge in [0.05, 0.1) is 0 Å². The number of H-pyrrole nitrogens is 1. The van der Waals surface area contributed by atoms with Gasteiger partial charge in [-0.3, -0.25) is 14.5 Å². The predicted molar refractivity (Wildman–Crippen MR) is 50.8 cm³/mol. The summed E-state index contributed by atoms with van der Waals surface area (Å²) in [6.07, 6.45) is 0. The third-order valence-electron chi connectivity index (χ3n) is 1.74. The van der Waals surface area contributed by atoms with Crippen LogP contribution in [0.5, 0.6) is 0 Å². The number of hydrogen-bond donors (Lipinski definition) is 1. The van der Waals surface area contributed by atoms with Crippen molar-refractivity contribution in [2.24, 2.45) is 0 Å². The fourth-order valence-corrected chi connectivity index (χ4v) is 1.10. The van der Waals surface area contributed by atoms with Gasteiger partial charge in [0.2, 0.25) is 5.91 Å². The van der Waals surface area contributed by atoms with Crippen LogP contribution in [-0.4, -0.2) is 39.7 Å². The SMILES string of the molecule is Cc1n[nH]c(=S)n1CC(=O)N(C)C. The molecule has 0 bridgehead atoms. The molecule has 0 spiro atoms. The van der Waals surface area contributed by atoms with E-state index in [1.54, 1.807) is 25.6 Å². The zero-order chi connectivity index (χ0) is 10.0. The molecule has 5 nitrogen and oxygen atoms in total. The lowest BCUT2D eigenvalue weighted by Crippen LogP contribution is -2.26. The highest BCUT2D eigenvalue weighted by atomic mass is 32.1. The Morgan fingerprint density at radius 3 is 2.69 bits per heavy atom. The van der Waals surface area contributed by atoms with Gasteiger partial charge in [0.1, 0.15) is 12.4 Å². The van der Waals surface area contributed by atoms with E-state index in [2.05, 4.69) is 10.2 Å². The molecule has 0 aliphatic carbocycles. The molecule has 1 aromatic rings. The Kier molecular flexibility index (Phi) is 2.82. The number of hydrogen-bond acceptors (Lipinski definition) is 3. The first-order valence-electron chi connectivity index (χ1n) is 3.84. The zero-order valence-corrected chi connectivity index (χ0v) is 8.68. The van der Waals surface area contributed by atoms with Gasteiger partial charge in [-0.25, -0.2) is 0 Å². The molecule has 1 rings (SSSR count). The third kappa shape index (κ3) is 2.15. The summed E-state index contributed by atoms with van der Waals surface area (Å²) < 4.78 is 2.14. The molecule has 0 unspecified atom stereocenters. The van der Waals surface area contributed by atoms with Gasteiger partial charge in [-0.2, -0.15) is 5.10 Å². The van der Waals surface area contributed by atoms with Crippen LogP contribution in [0, 0.1) is 11.7 Å². The van der Waals surface area contributed by atoms with E-state index in [1.165, 1.54) is 4.90 Å². The minimum Gasteiger partial charge on any atom is -0.347 e. The molecule has 1 aromatic heterocycles. The van der Waals surface area contributed by atoms with Gasteiger partial charge >= 0.3 is 0 Å². The molecular formula is C7H12N4OS. The molecule has 13 heavy (non-hydrogen) atoms. The molecular weight excluding hydrogens is 188 g/mol. The Hall–Kier alpha value is -1.17. The average Bonchev–Trinajstić information content (AvgIpc) is 2.35. The Labute approximate surface area is 81.4 Å². The van der Waals surface area contributed by atoms with E-state index in [-0.39, 0.29) is 12.5 Å². The molecule has 0 saturated heterocycles. The van der Waals surface area contributed by atoms with Crippen molar-refractivity contribution in [2.45, 2.75) is 13.5 Å². The number of rotatable bonds is 2. The van der Waals surface area contributed by atoms with E-state index in [4.69, 9.17) is 12.2 Å². The minimum atomic E-state index is 0.000556. The molecule has 6 heteroatoms. The topological polar surface area (TPSA) is 53.9 Å². The van der Waals surface area contributed by atoms with E-state index >= 15 is 0 Å². The Balaban J connectivity index is 2.86. The van der Waals surface area contributed by atoms with Crippen LogP contribution < -0.4 is 0 Å². The number of nitrogens with one attached hydrogen (secondary N) is 1. The third-order valence-corrected chi connectivity index (χ3v) is 2.05. The van der Waals surface area contributed by atoms with Gasteiger partial charge in [-0.15, -0.1) is 0 Å². The molecule has 0 aromatic carbocycles. The standard InChI is InChI=1S/C7H12N4OS/c1-5-8-9-7(13)11(5)4-6(12)10(2)3/h4H2,1-3H3,(H,9,13). The molecule has 0 fully saturated rings.